The number of alkyl halides is 4. The maximum Gasteiger partial charge on any atom is 0.425 e. The van der Waals surface area contributed by atoms with Crippen LogP contribution in [0.4, 0.5) is 26.3 Å². The maximum absolute atomic E-state index is 14.6. The van der Waals surface area contributed by atoms with Crippen LogP contribution in [0.3, 0.4) is 0 Å². The van der Waals surface area contributed by atoms with Gasteiger partial charge in [-0.2, -0.15) is 18.3 Å². The fourth-order valence-electron chi connectivity index (χ4n) is 3.65. The predicted molar refractivity (Wildman–Crippen MR) is 131 cm³/mol. The third-order valence-electron chi connectivity index (χ3n) is 5.64. The van der Waals surface area contributed by atoms with E-state index in [1.165, 1.54) is 25.4 Å². The normalized spacial score (nSPS) is 13.0. The van der Waals surface area contributed by atoms with Gasteiger partial charge in [-0.05, 0) is 25.5 Å². The summed E-state index contributed by atoms with van der Waals surface area (Å²) < 4.78 is 79.7. The number of fused-ring (bicyclic) bond motifs is 1. The minimum Gasteiger partial charge on any atom is -0.505 e. The quantitative estimate of drug-likeness (QED) is 0.292. The van der Waals surface area contributed by atoms with E-state index in [4.69, 9.17) is 5.11 Å². The minimum atomic E-state index is -4.86. The molecule has 214 valence electrons. The molecular weight excluding hydrogens is 548 g/mol. The molecule has 9 nitrogen and oxygen atoms in total. The number of aliphatic hydroxyl groups is 1. The lowest BCUT2D eigenvalue weighted by atomic mass is 10.1. The van der Waals surface area contributed by atoms with Gasteiger partial charge in [0.2, 0.25) is 0 Å². The number of nitrogens with zero attached hydrogens (tertiary/aromatic N) is 4. The van der Waals surface area contributed by atoms with Gasteiger partial charge in [0.05, 0.1) is 29.8 Å². The molecular formula is C25H23F6N5O4. The number of H-pyrrole nitrogens is 1. The largest absolute Gasteiger partial charge is 0.505 e. The molecule has 0 aliphatic heterocycles. The zero-order chi connectivity index (χ0) is 29.8. The van der Waals surface area contributed by atoms with Crippen molar-refractivity contribution in [1.29, 1.82) is 0 Å². The Morgan fingerprint density at radius 3 is 2.23 bits per heavy atom. The Bertz CT molecular complexity index is 1600. The lowest BCUT2D eigenvalue weighted by Gasteiger charge is -2.12. The zero-order valence-electron chi connectivity index (χ0n) is 21.0. The molecule has 3 heterocycles. The van der Waals surface area contributed by atoms with Gasteiger partial charge in [-0.25, -0.2) is 28.2 Å². The van der Waals surface area contributed by atoms with Gasteiger partial charge in [0.1, 0.15) is 17.8 Å². The zero-order valence-corrected chi connectivity index (χ0v) is 21.0. The van der Waals surface area contributed by atoms with E-state index in [1.54, 1.807) is 5.10 Å². The van der Waals surface area contributed by atoms with E-state index in [-0.39, 0.29) is 35.1 Å². The Balaban J connectivity index is 0.000000307. The summed E-state index contributed by atoms with van der Waals surface area (Å²) in [7, 11) is 0. The van der Waals surface area contributed by atoms with Gasteiger partial charge in [-0.1, -0.05) is 13.3 Å². The predicted octanol–water partition coefficient (Wildman–Crippen LogP) is 4.42. The molecule has 4 aromatic rings. The SMILES string of the molecule is CCCC(F)Cn1cc(F)c2cc(-c3ncc(C(C)O)cn3)c(F)cc2c1=O.O=c1[nH]ncc(O)c1C(F)(F)F. The van der Waals surface area contributed by atoms with Gasteiger partial charge in [0, 0.05) is 29.5 Å². The Kier molecular flexibility index (Phi) is 9.29. The molecule has 0 fully saturated rings. The summed E-state index contributed by atoms with van der Waals surface area (Å²) in [4.78, 5) is 31.0. The molecule has 0 aliphatic rings. The Labute approximate surface area is 221 Å². The van der Waals surface area contributed by atoms with Gasteiger partial charge >= 0.3 is 6.18 Å². The van der Waals surface area contributed by atoms with Crippen molar-refractivity contribution in [2.24, 2.45) is 0 Å². The van der Waals surface area contributed by atoms with Crippen molar-refractivity contribution in [3.8, 4) is 17.1 Å². The second kappa shape index (κ2) is 12.3. The first-order valence-electron chi connectivity index (χ1n) is 11.7. The Morgan fingerprint density at radius 2 is 1.70 bits per heavy atom. The fraction of sp³-hybridized carbons (Fsp3) is 0.320. The molecule has 2 unspecified atom stereocenters. The number of pyridine rings is 1. The van der Waals surface area contributed by atoms with E-state index >= 15 is 0 Å². The molecule has 0 bridgehead atoms. The first-order chi connectivity index (χ1) is 18.7. The maximum atomic E-state index is 14.6. The topological polar surface area (TPSA) is 134 Å². The van der Waals surface area contributed by atoms with E-state index in [0.29, 0.717) is 18.2 Å². The van der Waals surface area contributed by atoms with Crippen LogP contribution < -0.4 is 11.1 Å². The first-order valence-corrected chi connectivity index (χ1v) is 11.7. The average Bonchev–Trinajstić information content (AvgIpc) is 2.86. The highest BCUT2D eigenvalue weighted by molar-refractivity contribution is 5.86. The van der Waals surface area contributed by atoms with Crippen LogP contribution in [0.2, 0.25) is 0 Å². The number of hydrogen-bond acceptors (Lipinski definition) is 7. The molecule has 15 heteroatoms. The molecule has 3 N–H and O–H groups in total. The van der Waals surface area contributed by atoms with Crippen molar-refractivity contribution in [3.05, 3.63) is 80.4 Å². The van der Waals surface area contributed by atoms with Crippen molar-refractivity contribution in [3.63, 3.8) is 0 Å². The van der Waals surface area contributed by atoms with E-state index < -0.39 is 52.5 Å². The van der Waals surface area contributed by atoms with E-state index in [2.05, 4.69) is 15.1 Å². The van der Waals surface area contributed by atoms with Gasteiger partial charge < -0.3 is 14.8 Å². The number of rotatable bonds is 6. The third kappa shape index (κ3) is 6.83. The number of aliphatic hydroxyl groups excluding tert-OH is 1. The van der Waals surface area contributed by atoms with Crippen LogP contribution in [0.1, 0.15) is 43.9 Å². The summed E-state index contributed by atoms with van der Waals surface area (Å²) in [6.45, 7) is 3.06. The number of aromatic nitrogens is 5. The number of aromatic hydroxyl groups is 1. The highest BCUT2D eigenvalue weighted by Crippen LogP contribution is 2.31. The lowest BCUT2D eigenvalue weighted by molar-refractivity contribution is -0.140. The van der Waals surface area contributed by atoms with Crippen molar-refractivity contribution in [1.82, 2.24) is 24.7 Å². The van der Waals surface area contributed by atoms with Crippen LogP contribution in [0.25, 0.3) is 22.2 Å². The molecule has 0 saturated carbocycles. The van der Waals surface area contributed by atoms with E-state index in [9.17, 15) is 41.0 Å². The number of nitrogens with one attached hydrogen (secondary N) is 1. The molecule has 4 rings (SSSR count). The van der Waals surface area contributed by atoms with Crippen LogP contribution in [0.15, 0.2) is 46.5 Å². The Hall–Kier alpha value is -4.27. The van der Waals surface area contributed by atoms with E-state index in [0.717, 1.165) is 16.8 Å². The van der Waals surface area contributed by atoms with Crippen LogP contribution in [-0.4, -0.2) is 41.1 Å². The van der Waals surface area contributed by atoms with Gasteiger partial charge in [-0.15, -0.1) is 0 Å². The van der Waals surface area contributed by atoms with Crippen molar-refractivity contribution < 1.29 is 36.6 Å². The molecule has 1 aromatic carbocycles. The van der Waals surface area contributed by atoms with Crippen LogP contribution in [0, 0.1) is 11.6 Å². The first kappa shape index (κ1) is 30.3. The van der Waals surface area contributed by atoms with Crippen LogP contribution >= 0.6 is 0 Å². The van der Waals surface area contributed by atoms with Gasteiger partial charge in [-0.3, -0.25) is 9.59 Å². The number of aromatic amines is 1. The molecule has 0 amide bonds. The summed E-state index contributed by atoms with van der Waals surface area (Å²) in [5.74, 6) is -2.73. The van der Waals surface area contributed by atoms with Gasteiger partial charge in [0.15, 0.2) is 17.1 Å². The molecule has 2 atom stereocenters. The molecule has 0 saturated heterocycles. The molecule has 0 aliphatic carbocycles. The highest BCUT2D eigenvalue weighted by Gasteiger charge is 2.37. The minimum absolute atomic E-state index is 0.000790. The summed E-state index contributed by atoms with van der Waals surface area (Å²) >= 11 is 0. The second-order valence-corrected chi connectivity index (χ2v) is 8.67. The summed E-state index contributed by atoms with van der Waals surface area (Å²) in [6.07, 6.45) is -1.93. The average molecular weight is 571 g/mol. The molecule has 0 radical (unpaired) electrons. The van der Waals surface area contributed by atoms with Crippen molar-refractivity contribution in [2.75, 3.05) is 0 Å². The standard InChI is InChI=1S/C20H20F3N3O2.C5H3F3N2O2/c1-3-4-13(21)9-26-10-18(23)14-5-16(17(22)6-15(14)20(26)28)19-24-7-12(8-25-19)11(2)27;6-5(7,8)3-2(11)1-9-10-4(3)12/h5-8,10-11,13,27H,3-4,9H2,1-2H3;1H,(H2,10,11,12). The van der Waals surface area contributed by atoms with E-state index in [1.807, 2.05) is 6.92 Å². The Morgan fingerprint density at radius 1 is 1.05 bits per heavy atom. The van der Waals surface area contributed by atoms with Crippen LogP contribution in [-0.2, 0) is 12.7 Å². The summed E-state index contributed by atoms with van der Waals surface area (Å²) in [6, 6.07) is 2.09. The second-order valence-electron chi connectivity index (χ2n) is 8.67. The number of hydrogen-bond donors (Lipinski definition) is 3. The monoisotopic (exact) mass is 571 g/mol. The molecule has 0 spiro atoms. The number of halogens is 6. The lowest BCUT2D eigenvalue weighted by Crippen LogP contribution is -2.25. The third-order valence-corrected chi connectivity index (χ3v) is 5.64. The van der Waals surface area contributed by atoms with Crippen LogP contribution in [0.5, 0.6) is 5.75 Å². The van der Waals surface area contributed by atoms with Gasteiger partial charge in [0.25, 0.3) is 11.1 Å². The highest BCUT2D eigenvalue weighted by atomic mass is 19.4. The summed E-state index contributed by atoms with van der Waals surface area (Å²) in [5.41, 5.74) is -3.37. The van der Waals surface area contributed by atoms with Crippen molar-refractivity contribution in [2.45, 2.75) is 51.7 Å². The molecule has 40 heavy (non-hydrogen) atoms. The molecule has 3 aromatic heterocycles. The smallest absolute Gasteiger partial charge is 0.425 e. The fourth-order valence-corrected chi connectivity index (χ4v) is 3.65. The summed E-state index contributed by atoms with van der Waals surface area (Å²) in [5, 5.41) is 22.4. The number of benzene rings is 1. The van der Waals surface area contributed by atoms with Crippen molar-refractivity contribution >= 4 is 10.8 Å².